The minimum atomic E-state index is -0.325. The lowest BCUT2D eigenvalue weighted by molar-refractivity contribution is -0.125. The Balaban J connectivity index is 2.47. The average Bonchev–Trinajstić information content (AvgIpc) is 2.29. The highest BCUT2D eigenvalue weighted by molar-refractivity contribution is 5.91. The first-order valence-electron chi connectivity index (χ1n) is 5.80. The number of nitrogens with one attached hydrogen (secondary N) is 1. The molecule has 1 rings (SSSR count). The molecule has 4 nitrogen and oxygen atoms in total. The van der Waals surface area contributed by atoms with Crippen LogP contribution in [0.15, 0.2) is 24.3 Å². The van der Waals surface area contributed by atoms with E-state index in [0.717, 1.165) is 5.56 Å². The van der Waals surface area contributed by atoms with Crippen LogP contribution in [0.3, 0.4) is 0 Å². The van der Waals surface area contributed by atoms with E-state index in [2.05, 4.69) is 11.4 Å². The summed E-state index contributed by atoms with van der Waals surface area (Å²) < 4.78 is 5.37. The van der Waals surface area contributed by atoms with Crippen molar-refractivity contribution in [2.24, 2.45) is 0 Å². The van der Waals surface area contributed by atoms with Crippen molar-refractivity contribution in [3.05, 3.63) is 29.8 Å². The van der Waals surface area contributed by atoms with Crippen LogP contribution in [0.1, 0.15) is 26.3 Å². The number of benzene rings is 1. The van der Waals surface area contributed by atoms with Gasteiger partial charge in [-0.2, -0.15) is 5.26 Å². The maximum absolute atomic E-state index is 11.6. The molecule has 1 amide bonds. The van der Waals surface area contributed by atoms with E-state index in [4.69, 9.17) is 10.00 Å². The van der Waals surface area contributed by atoms with Gasteiger partial charge in [-0.25, -0.2) is 0 Å². The topological polar surface area (TPSA) is 62.1 Å². The fourth-order valence-corrected chi connectivity index (χ4v) is 1.28. The lowest BCUT2D eigenvalue weighted by Gasteiger charge is -2.19. The van der Waals surface area contributed by atoms with Crippen LogP contribution in [-0.2, 0) is 16.0 Å². The highest BCUT2D eigenvalue weighted by Gasteiger charge is 2.12. The van der Waals surface area contributed by atoms with E-state index in [0.29, 0.717) is 12.1 Å². The van der Waals surface area contributed by atoms with Crippen molar-refractivity contribution in [2.45, 2.75) is 32.8 Å². The zero-order valence-electron chi connectivity index (χ0n) is 11.0. The highest BCUT2D eigenvalue weighted by Crippen LogP contribution is 2.11. The lowest BCUT2D eigenvalue weighted by atomic mass is 10.1. The molecule has 0 aliphatic carbocycles. The molecule has 0 saturated carbocycles. The number of hydrogen-bond acceptors (Lipinski definition) is 3. The standard InChI is InChI=1S/C14H18N2O2/c1-14(2,3)18-10-13(17)16-12-6-4-11(5-7-12)8-9-15/h4-7H,8,10H2,1-3H3,(H,16,17). The molecule has 18 heavy (non-hydrogen) atoms. The highest BCUT2D eigenvalue weighted by atomic mass is 16.5. The molecule has 0 atom stereocenters. The number of rotatable bonds is 4. The van der Waals surface area contributed by atoms with E-state index in [9.17, 15) is 4.79 Å². The van der Waals surface area contributed by atoms with Crippen LogP contribution in [0.25, 0.3) is 0 Å². The molecule has 1 N–H and O–H groups in total. The lowest BCUT2D eigenvalue weighted by Crippen LogP contribution is -2.27. The molecular weight excluding hydrogens is 228 g/mol. The number of ether oxygens (including phenoxy) is 1. The summed E-state index contributed by atoms with van der Waals surface area (Å²) in [5.74, 6) is -0.182. The summed E-state index contributed by atoms with van der Waals surface area (Å²) in [5, 5.41) is 11.3. The van der Waals surface area contributed by atoms with Gasteiger partial charge in [0.15, 0.2) is 0 Å². The fraction of sp³-hybridized carbons (Fsp3) is 0.429. The Bertz CT molecular complexity index is 438. The third kappa shape index (κ3) is 5.46. The number of hydrogen-bond donors (Lipinski definition) is 1. The fourth-order valence-electron chi connectivity index (χ4n) is 1.28. The molecular formula is C14H18N2O2. The smallest absolute Gasteiger partial charge is 0.250 e. The predicted molar refractivity (Wildman–Crippen MR) is 70.1 cm³/mol. The first-order valence-corrected chi connectivity index (χ1v) is 5.80. The Kier molecular flexibility index (Phi) is 4.87. The second-order valence-electron chi connectivity index (χ2n) is 4.98. The van der Waals surface area contributed by atoms with Crippen molar-refractivity contribution in [3.8, 4) is 6.07 Å². The Morgan fingerprint density at radius 2 is 1.94 bits per heavy atom. The quantitative estimate of drug-likeness (QED) is 0.887. The summed E-state index contributed by atoms with van der Waals surface area (Å²) in [6.45, 7) is 5.73. The van der Waals surface area contributed by atoms with Crippen LogP contribution in [0, 0.1) is 11.3 Å². The zero-order valence-corrected chi connectivity index (χ0v) is 11.0. The normalized spacial score (nSPS) is 10.8. The van der Waals surface area contributed by atoms with Gasteiger partial charge in [-0.1, -0.05) is 12.1 Å². The van der Waals surface area contributed by atoms with Crippen molar-refractivity contribution in [3.63, 3.8) is 0 Å². The molecule has 96 valence electrons. The molecule has 0 heterocycles. The Labute approximate surface area is 108 Å². The first-order chi connectivity index (χ1) is 8.40. The third-order valence-electron chi connectivity index (χ3n) is 2.16. The van der Waals surface area contributed by atoms with Gasteiger partial charge in [0, 0.05) is 5.69 Å². The third-order valence-corrected chi connectivity index (χ3v) is 2.16. The largest absolute Gasteiger partial charge is 0.366 e. The van der Waals surface area contributed by atoms with E-state index in [1.807, 2.05) is 32.9 Å². The molecule has 0 bridgehead atoms. The van der Waals surface area contributed by atoms with E-state index in [1.165, 1.54) is 0 Å². The zero-order chi connectivity index (χ0) is 13.6. The summed E-state index contributed by atoms with van der Waals surface area (Å²) in [6, 6.07) is 9.28. The molecule has 1 aromatic rings. The van der Waals surface area contributed by atoms with E-state index in [-0.39, 0.29) is 18.1 Å². The maximum atomic E-state index is 11.6. The maximum Gasteiger partial charge on any atom is 0.250 e. The van der Waals surface area contributed by atoms with Crippen LogP contribution >= 0.6 is 0 Å². The predicted octanol–water partition coefficient (Wildman–Crippen LogP) is 2.51. The molecule has 4 heteroatoms. The van der Waals surface area contributed by atoms with Gasteiger partial charge in [-0.15, -0.1) is 0 Å². The van der Waals surface area contributed by atoms with E-state index >= 15 is 0 Å². The molecule has 1 aromatic carbocycles. The average molecular weight is 246 g/mol. The SMILES string of the molecule is CC(C)(C)OCC(=O)Nc1ccc(CC#N)cc1. The van der Waals surface area contributed by atoms with Crippen LogP contribution in [-0.4, -0.2) is 18.1 Å². The van der Waals surface area contributed by atoms with Gasteiger partial charge in [0.25, 0.3) is 0 Å². The number of anilines is 1. The summed E-state index contributed by atoms with van der Waals surface area (Å²) >= 11 is 0. The minimum absolute atomic E-state index is 0.0312. The molecule has 0 spiro atoms. The van der Waals surface area contributed by atoms with Gasteiger partial charge in [0.1, 0.15) is 6.61 Å². The van der Waals surface area contributed by atoms with Gasteiger partial charge >= 0.3 is 0 Å². The van der Waals surface area contributed by atoms with Crippen molar-refractivity contribution < 1.29 is 9.53 Å². The monoisotopic (exact) mass is 246 g/mol. The van der Waals surface area contributed by atoms with Crippen molar-refractivity contribution in [1.82, 2.24) is 0 Å². The van der Waals surface area contributed by atoms with E-state index in [1.54, 1.807) is 12.1 Å². The molecule has 0 radical (unpaired) electrons. The van der Waals surface area contributed by atoms with Crippen LogP contribution in [0.4, 0.5) is 5.69 Å². The number of carbonyl (C=O) groups is 1. The Hall–Kier alpha value is -1.86. The molecule has 0 unspecified atom stereocenters. The summed E-state index contributed by atoms with van der Waals surface area (Å²) in [5.41, 5.74) is 1.31. The number of nitriles is 1. The van der Waals surface area contributed by atoms with Crippen LogP contribution in [0.2, 0.25) is 0 Å². The second kappa shape index (κ2) is 6.18. The number of amides is 1. The van der Waals surface area contributed by atoms with Crippen LogP contribution in [0.5, 0.6) is 0 Å². The minimum Gasteiger partial charge on any atom is -0.366 e. The van der Waals surface area contributed by atoms with E-state index < -0.39 is 0 Å². The van der Waals surface area contributed by atoms with Crippen molar-refractivity contribution in [1.29, 1.82) is 5.26 Å². The van der Waals surface area contributed by atoms with Crippen molar-refractivity contribution in [2.75, 3.05) is 11.9 Å². The van der Waals surface area contributed by atoms with Gasteiger partial charge < -0.3 is 10.1 Å². The van der Waals surface area contributed by atoms with Gasteiger partial charge in [-0.05, 0) is 38.5 Å². The first kappa shape index (κ1) is 14.2. The van der Waals surface area contributed by atoms with Gasteiger partial charge in [0.2, 0.25) is 5.91 Å². The van der Waals surface area contributed by atoms with Gasteiger partial charge in [0.05, 0.1) is 18.1 Å². The van der Waals surface area contributed by atoms with Crippen molar-refractivity contribution >= 4 is 11.6 Å². The molecule has 0 aromatic heterocycles. The summed E-state index contributed by atoms with van der Waals surface area (Å²) in [4.78, 5) is 11.6. The number of nitrogens with zero attached hydrogens (tertiary/aromatic N) is 1. The Morgan fingerprint density at radius 1 is 1.33 bits per heavy atom. The van der Waals surface area contributed by atoms with Crippen LogP contribution < -0.4 is 5.32 Å². The molecule has 0 fully saturated rings. The summed E-state index contributed by atoms with van der Waals surface area (Å²) in [6.07, 6.45) is 0.376. The molecule has 0 saturated heterocycles. The molecule has 0 aliphatic heterocycles. The number of carbonyl (C=O) groups excluding carboxylic acids is 1. The second-order valence-corrected chi connectivity index (χ2v) is 4.98. The Morgan fingerprint density at radius 3 is 2.44 bits per heavy atom. The summed E-state index contributed by atoms with van der Waals surface area (Å²) in [7, 11) is 0. The molecule has 0 aliphatic rings. The van der Waals surface area contributed by atoms with Gasteiger partial charge in [-0.3, -0.25) is 4.79 Å².